The van der Waals surface area contributed by atoms with E-state index >= 15 is 0 Å². The van der Waals surface area contributed by atoms with Crippen molar-refractivity contribution in [3.63, 3.8) is 0 Å². The van der Waals surface area contributed by atoms with E-state index in [1.807, 2.05) is 19.9 Å². The van der Waals surface area contributed by atoms with Crippen LogP contribution >= 0.6 is 0 Å². The Morgan fingerprint density at radius 3 is 2.24 bits per heavy atom. The smallest absolute Gasteiger partial charge is 0.161 e. The van der Waals surface area contributed by atoms with Crippen LogP contribution in [-0.2, 0) is 5.54 Å². The van der Waals surface area contributed by atoms with Crippen molar-refractivity contribution in [3.8, 4) is 11.5 Å². The Morgan fingerprint density at radius 2 is 1.62 bits per heavy atom. The molecule has 3 nitrogen and oxygen atoms in total. The van der Waals surface area contributed by atoms with Gasteiger partial charge in [0.25, 0.3) is 0 Å². The fraction of sp³-hybridized carbons (Fsp3) is 0.667. The number of rotatable bonds is 5. The van der Waals surface area contributed by atoms with E-state index in [4.69, 9.17) is 15.2 Å². The molecule has 3 heteroatoms. The molecule has 1 aromatic carbocycles. The lowest BCUT2D eigenvalue weighted by molar-refractivity contribution is 0.0974. The fourth-order valence-electron chi connectivity index (χ4n) is 3.40. The molecule has 0 spiro atoms. The van der Waals surface area contributed by atoms with Crippen LogP contribution in [0.1, 0.15) is 58.9 Å². The average molecular weight is 291 g/mol. The molecule has 118 valence electrons. The number of nitrogens with two attached hydrogens (primary N) is 1. The molecule has 0 saturated heterocycles. The van der Waals surface area contributed by atoms with E-state index in [0.717, 1.165) is 17.9 Å². The van der Waals surface area contributed by atoms with Crippen LogP contribution in [0.25, 0.3) is 0 Å². The Bertz CT molecular complexity index is 484. The first kappa shape index (κ1) is 16.2. The molecule has 21 heavy (non-hydrogen) atoms. The van der Waals surface area contributed by atoms with Crippen molar-refractivity contribution in [1.82, 2.24) is 0 Å². The minimum absolute atomic E-state index is 0.0991. The van der Waals surface area contributed by atoms with Gasteiger partial charge in [0.1, 0.15) is 0 Å². The summed E-state index contributed by atoms with van der Waals surface area (Å²) < 4.78 is 11.4. The minimum Gasteiger partial charge on any atom is -0.490 e. The summed E-state index contributed by atoms with van der Waals surface area (Å²) in [5.74, 6) is 1.61. The van der Waals surface area contributed by atoms with E-state index in [9.17, 15) is 0 Å². The standard InChI is InChI=1S/C18H29NO2/c1-5-20-15-10-9-14(13-16(15)21-6-2)18(19)12-8-7-11-17(18,3)4/h9-10,13H,5-8,11-12,19H2,1-4H3. The third-order valence-electron chi connectivity index (χ3n) is 4.89. The van der Waals surface area contributed by atoms with Crippen LogP contribution in [0.15, 0.2) is 18.2 Å². The van der Waals surface area contributed by atoms with Crippen LogP contribution in [0.3, 0.4) is 0 Å². The van der Waals surface area contributed by atoms with Crippen LogP contribution in [-0.4, -0.2) is 13.2 Å². The lowest BCUT2D eigenvalue weighted by Crippen LogP contribution is -2.51. The molecule has 2 rings (SSSR count). The zero-order valence-corrected chi connectivity index (χ0v) is 13.9. The third-order valence-corrected chi connectivity index (χ3v) is 4.89. The maximum atomic E-state index is 6.85. The Kier molecular flexibility index (Phi) is 4.82. The summed E-state index contributed by atoms with van der Waals surface area (Å²) in [6, 6.07) is 6.20. The minimum atomic E-state index is -0.290. The molecule has 0 aliphatic heterocycles. The number of ether oxygens (including phenoxy) is 2. The van der Waals surface area contributed by atoms with Crippen molar-refractivity contribution in [1.29, 1.82) is 0 Å². The van der Waals surface area contributed by atoms with E-state index in [-0.39, 0.29) is 11.0 Å². The van der Waals surface area contributed by atoms with Gasteiger partial charge in [0.05, 0.1) is 13.2 Å². The van der Waals surface area contributed by atoms with Crippen molar-refractivity contribution in [2.24, 2.45) is 11.1 Å². The van der Waals surface area contributed by atoms with Gasteiger partial charge in [-0.1, -0.05) is 32.8 Å². The molecule has 1 aromatic rings. The predicted molar refractivity (Wildman–Crippen MR) is 86.9 cm³/mol. The predicted octanol–water partition coefficient (Wildman–Crippen LogP) is 4.24. The van der Waals surface area contributed by atoms with E-state index in [1.54, 1.807) is 0 Å². The van der Waals surface area contributed by atoms with Crippen molar-refractivity contribution < 1.29 is 9.47 Å². The summed E-state index contributed by atoms with van der Waals surface area (Å²) >= 11 is 0. The molecule has 1 aliphatic rings. The first-order valence-corrected chi connectivity index (χ1v) is 8.13. The highest BCUT2D eigenvalue weighted by atomic mass is 16.5. The molecule has 1 unspecified atom stereocenters. The Balaban J connectivity index is 2.41. The SMILES string of the molecule is CCOc1ccc(C2(N)CCCCC2(C)C)cc1OCC. The molecule has 2 N–H and O–H groups in total. The van der Waals surface area contributed by atoms with Crippen LogP contribution in [0.5, 0.6) is 11.5 Å². The van der Waals surface area contributed by atoms with Gasteiger partial charge in [-0.15, -0.1) is 0 Å². The lowest BCUT2D eigenvalue weighted by atomic mass is 9.61. The average Bonchev–Trinajstić information content (AvgIpc) is 2.44. The second kappa shape index (κ2) is 6.27. The van der Waals surface area contributed by atoms with Crippen molar-refractivity contribution in [2.45, 2.75) is 58.9 Å². The molecule has 0 amide bonds. The van der Waals surface area contributed by atoms with Crippen LogP contribution in [0, 0.1) is 5.41 Å². The van der Waals surface area contributed by atoms with E-state index in [1.165, 1.54) is 24.8 Å². The van der Waals surface area contributed by atoms with Gasteiger partial charge in [-0.2, -0.15) is 0 Å². The molecule has 0 bridgehead atoms. The fourth-order valence-corrected chi connectivity index (χ4v) is 3.40. The first-order valence-electron chi connectivity index (χ1n) is 8.13. The maximum Gasteiger partial charge on any atom is 0.161 e. The molecule has 0 radical (unpaired) electrons. The number of hydrogen-bond acceptors (Lipinski definition) is 3. The summed E-state index contributed by atoms with van der Waals surface area (Å²) in [7, 11) is 0. The van der Waals surface area contributed by atoms with Gasteiger partial charge in [0.15, 0.2) is 11.5 Å². The van der Waals surface area contributed by atoms with Crippen LogP contribution in [0.4, 0.5) is 0 Å². The number of hydrogen-bond donors (Lipinski definition) is 1. The topological polar surface area (TPSA) is 44.5 Å². The molecular weight excluding hydrogens is 262 g/mol. The van der Waals surface area contributed by atoms with Crippen LogP contribution < -0.4 is 15.2 Å². The van der Waals surface area contributed by atoms with Gasteiger partial charge in [0, 0.05) is 5.54 Å². The van der Waals surface area contributed by atoms with Crippen molar-refractivity contribution >= 4 is 0 Å². The Morgan fingerprint density at radius 1 is 1.00 bits per heavy atom. The second-order valence-electron chi connectivity index (χ2n) is 6.59. The van der Waals surface area contributed by atoms with Gasteiger partial charge in [-0.3, -0.25) is 0 Å². The van der Waals surface area contributed by atoms with Gasteiger partial charge in [-0.25, -0.2) is 0 Å². The molecule has 1 saturated carbocycles. The summed E-state index contributed by atoms with van der Waals surface area (Å²) in [5.41, 5.74) is 7.83. The zero-order chi connectivity index (χ0) is 15.5. The normalized spacial score (nSPS) is 24.6. The summed E-state index contributed by atoms with van der Waals surface area (Å²) in [4.78, 5) is 0. The highest BCUT2D eigenvalue weighted by Crippen LogP contribution is 2.49. The quantitative estimate of drug-likeness (QED) is 0.882. The zero-order valence-electron chi connectivity index (χ0n) is 13.9. The summed E-state index contributed by atoms with van der Waals surface area (Å²) in [6.07, 6.45) is 4.65. The largest absolute Gasteiger partial charge is 0.490 e. The lowest BCUT2D eigenvalue weighted by Gasteiger charge is -2.48. The Labute approximate surface area is 128 Å². The summed E-state index contributed by atoms with van der Waals surface area (Å²) in [5, 5.41) is 0. The molecule has 0 aromatic heterocycles. The molecule has 1 aliphatic carbocycles. The first-order chi connectivity index (χ1) is 9.94. The summed E-state index contributed by atoms with van der Waals surface area (Å²) in [6.45, 7) is 9.80. The molecule has 1 atom stereocenters. The van der Waals surface area contributed by atoms with Crippen molar-refractivity contribution in [3.05, 3.63) is 23.8 Å². The Hall–Kier alpha value is -1.22. The van der Waals surface area contributed by atoms with Crippen molar-refractivity contribution in [2.75, 3.05) is 13.2 Å². The van der Waals surface area contributed by atoms with Gasteiger partial charge in [-0.05, 0) is 49.8 Å². The highest BCUT2D eigenvalue weighted by molar-refractivity contribution is 5.45. The van der Waals surface area contributed by atoms with Crippen LogP contribution in [0.2, 0.25) is 0 Å². The van der Waals surface area contributed by atoms with E-state index in [2.05, 4.69) is 26.0 Å². The molecule has 1 fully saturated rings. The maximum absolute atomic E-state index is 6.85. The third kappa shape index (κ3) is 3.03. The van der Waals surface area contributed by atoms with Gasteiger partial charge in [0.2, 0.25) is 0 Å². The van der Waals surface area contributed by atoms with E-state index in [0.29, 0.717) is 13.2 Å². The van der Waals surface area contributed by atoms with Gasteiger partial charge >= 0.3 is 0 Å². The monoisotopic (exact) mass is 291 g/mol. The number of benzene rings is 1. The van der Waals surface area contributed by atoms with Gasteiger partial charge < -0.3 is 15.2 Å². The molecular formula is C18H29NO2. The second-order valence-corrected chi connectivity index (χ2v) is 6.59. The molecule has 0 heterocycles. The van der Waals surface area contributed by atoms with E-state index < -0.39 is 0 Å². The highest BCUT2D eigenvalue weighted by Gasteiger charge is 2.44.